The first-order chi connectivity index (χ1) is 10.5. The van der Waals surface area contributed by atoms with Crippen molar-refractivity contribution in [1.82, 2.24) is 10.6 Å². The lowest BCUT2D eigenvalue weighted by Crippen LogP contribution is -2.44. The van der Waals surface area contributed by atoms with Gasteiger partial charge in [-0.3, -0.25) is 9.79 Å². The van der Waals surface area contributed by atoms with Crippen molar-refractivity contribution < 1.29 is 9.53 Å². The third-order valence-corrected chi connectivity index (χ3v) is 4.12. The number of hydrogen-bond donors (Lipinski definition) is 2. The van der Waals surface area contributed by atoms with Gasteiger partial charge in [0.1, 0.15) is 6.10 Å². The van der Waals surface area contributed by atoms with Crippen LogP contribution in [0.25, 0.3) is 0 Å². The van der Waals surface area contributed by atoms with Crippen LogP contribution in [0.2, 0.25) is 0 Å². The van der Waals surface area contributed by atoms with Gasteiger partial charge in [0.2, 0.25) is 0 Å². The first kappa shape index (κ1) is 22.5. The molecule has 1 rings (SSSR count). The monoisotopic (exact) mass is 439 g/mol. The Kier molecular flexibility index (Phi) is 12.5. The quantitative estimate of drug-likeness (QED) is 0.200. The molecule has 136 valence electrons. The fourth-order valence-corrected chi connectivity index (χ4v) is 2.37. The fraction of sp³-hybridized carbons (Fsp3) is 0.882. The number of carbonyl (C=O) groups is 1. The highest BCUT2D eigenvalue weighted by Crippen LogP contribution is 2.21. The van der Waals surface area contributed by atoms with Gasteiger partial charge in [0.25, 0.3) is 0 Å². The number of aliphatic imine (C=N–C) groups is 1. The van der Waals surface area contributed by atoms with Gasteiger partial charge < -0.3 is 15.4 Å². The lowest BCUT2D eigenvalue weighted by atomic mass is 10.1. The van der Waals surface area contributed by atoms with Gasteiger partial charge in [0.15, 0.2) is 5.96 Å². The number of carbonyl (C=O) groups excluding carboxylic acids is 1. The van der Waals surface area contributed by atoms with Gasteiger partial charge >= 0.3 is 5.97 Å². The summed E-state index contributed by atoms with van der Waals surface area (Å²) in [4.78, 5) is 16.3. The van der Waals surface area contributed by atoms with E-state index in [1.165, 1.54) is 12.8 Å². The zero-order valence-corrected chi connectivity index (χ0v) is 17.4. The smallest absolute Gasteiger partial charge is 0.306 e. The van der Waals surface area contributed by atoms with Crippen molar-refractivity contribution in [3.05, 3.63) is 0 Å². The van der Waals surface area contributed by atoms with Crippen LogP contribution in [0.15, 0.2) is 4.99 Å². The molecule has 0 bridgehead atoms. The third kappa shape index (κ3) is 10.0. The fourth-order valence-electron chi connectivity index (χ4n) is 2.37. The van der Waals surface area contributed by atoms with Crippen molar-refractivity contribution in [2.24, 2.45) is 10.9 Å². The van der Waals surface area contributed by atoms with Crippen LogP contribution < -0.4 is 10.6 Å². The molecule has 0 aliphatic heterocycles. The van der Waals surface area contributed by atoms with Crippen molar-refractivity contribution in [3.8, 4) is 0 Å². The maximum Gasteiger partial charge on any atom is 0.306 e. The second-order valence-corrected chi connectivity index (χ2v) is 6.44. The van der Waals surface area contributed by atoms with Crippen LogP contribution in [-0.4, -0.2) is 37.2 Å². The molecule has 0 aromatic carbocycles. The summed E-state index contributed by atoms with van der Waals surface area (Å²) in [6.07, 6.45) is 5.80. The zero-order chi connectivity index (χ0) is 16.4. The van der Waals surface area contributed by atoms with E-state index in [0.29, 0.717) is 24.9 Å². The second-order valence-electron chi connectivity index (χ2n) is 6.44. The summed E-state index contributed by atoms with van der Waals surface area (Å²) in [7, 11) is 0. The predicted octanol–water partition coefficient (Wildman–Crippen LogP) is 3.47. The SMILES string of the molecule is CCNC(=NCCCC(=O)OC1CCCC1)NC(C)C(C)C.I. The average molecular weight is 439 g/mol. The van der Waals surface area contributed by atoms with Crippen LogP contribution in [0.4, 0.5) is 0 Å². The number of hydrogen-bond acceptors (Lipinski definition) is 3. The molecule has 23 heavy (non-hydrogen) atoms. The van der Waals surface area contributed by atoms with Crippen LogP contribution in [0.3, 0.4) is 0 Å². The maximum absolute atomic E-state index is 11.7. The molecule has 6 heteroatoms. The molecule has 1 unspecified atom stereocenters. The molecule has 1 fully saturated rings. The molecule has 0 radical (unpaired) electrons. The van der Waals surface area contributed by atoms with Crippen molar-refractivity contribution in [3.63, 3.8) is 0 Å². The minimum Gasteiger partial charge on any atom is -0.462 e. The van der Waals surface area contributed by atoms with Gasteiger partial charge in [-0.15, -0.1) is 24.0 Å². The first-order valence-electron chi connectivity index (χ1n) is 8.77. The lowest BCUT2D eigenvalue weighted by Gasteiger charge is -2.20. The van der Waals surface area contributed by atoms with E-state index in [9.17, 15) is 4.79 Å². The predicted molar refractivity (Wildman–Crippen MR) is 106 cm³/mol. The molecule has 0 aromatic rings. The van der Waals surface area contributed by atoms with Crippen LogP contribution >= 0.6 is 24.0 Å². The maximum atomic E-state index is 11.7. The number of halogens is 1. The molecular weight excluding hydrogens is 405 g/mol. The Morgan fingerprint density at radius 2 is 1.91 bits per heavy atom. The molecule has 0 spiro atoms. The largest absolute Gasteiger partial charge is 0.462 e. The van der Waals surface area contributed by atoms with Crippen molar-refractivity contribution in [2.45, 2.75) is 78.4 Å². The number of esters is 1. The van der Waals surface area contributed by atoms with E-state index < -0.39 is 0 Å². The number of nitrogens with one attached hydrogen (secondary N) is 2. The highest BCUT2D eigenvalue weighted by Gasteiger charge is 2.18. The van der Waals surface area contributed by atoms with Gasteiger partial charge in [-0.05, 0) is 51.9 Å². The van der Waals surface area contributed by atoms with Crippen LogP contribution in [0, 0.1) is 5.92 Å². The summed E-state index contributed by atoms with van der Waals surface area (Å²) in [5.74, 6) is 1.30. The standard InChI is InChI=1S/C17H33N3O2.HI/c1-5-18-17(20-14(4)13(2)3)19-12-8-11-16(21)22-15-9-6-7-10-15;/h13-15H,5-12H2,1-4H3,(H2,18,19,20);1H. The Morgan fingerprint density at radius 3 is 2.48 bits per heavy atom. The summed E-state index contributed by atoms with van der Waals surface area (Å²) in [6.45, 7) is 10.0. The van der Waals surface area contributed by atoms with Crippen LogP contribution in [0.1, 0.15) is 66.2 Å². The summed E-state index contributed by atoms with van der Waals surface area (Å²) in [5, 5.41) is 6.62. The minimum absolute atomic E-state index is 0. The van der Waals surface area contributed by atoms with E-state index in [0.717, 1.165) is 31.8 Å². The topological polar surface area (TPSA) is 62.7 Å². The summed E-state index contributed by atoms with van der Waals surface area (Å²) < 4.78 is 5.44. The van der Waals surface area contributed by atoms with E-state index in [-0.39, 0.29) is 36.0 Å². The number of ether oxygens (including phenoxy) is 1. The number of nitrogens with zero attached hydrogens (tertiary/aromatic N) is 1. The first-order valence-corrected chi connectivity index (χ1v) is 8.77. The second kappa shape index (κ2) is 12.8. The molecule has 2 N–H and O–H groups in total. The molecule has 5 nitrogen and oxygen atoms in total. The molecule has 0 aromatic heterocycles. The normalized spacial score (nSPS) is 16.8. The molecule has 1 saturated carbocycles. The van der Waals surface area contributed by atoms with Crippen LogP contribution in [0.5, 0.6) is 0 Å². The molecular formula is C17H34IN3O2. The van der Waals surface area contributed by atoms with E-state index in [2.05, 4.69) is 43.3 Å². The van der Waals surface area contributed by atoms with E-state index >= 15 is 0 Å². The van der Waals surface area contributed by atoms with Gasteiger partial charge in [0.05, 0.1) is 0 Å². The van der Waals surface area contributed by atoms with Gasteiger partial charge in [0, 0.05) is 25.6 Å². The Hall–Kier alpha value is -0.530. The van der Waals surface area contributed by atoms with Gasteiger partial charge in [-0.1, -0.05) is 13.8 Å². The highest BCUT2D eigenvalue weighted by molar-refractivity contribution is 14.0. The number of rotatable bonds is 8. The van der Waals surface area contributed by atoms with Crippen LogP contribution in [-0.2, 0) is 9.53 Å². The molecule has 1 aliphatic rings. The van der Waals surface area contributed by atoms with E-state index in [1.807, 2.05) is 0 Å². The van der Waals surface area contributed by atoms with E-state index in [4.69, 9.17) is 4.74 Å². The van der Waals surface area contributed by atoms with Crippen molar-refractivity contribution in [1.29, 1.82) is 0 Å². The molecule has 0 saturated heterocycles. The average Bonchev–Trinajstić information content (AvgIpc) is 2.96. The molecule has 1 atom stereocenters. The van der Waals surface area contributed by atoms with E-state index in [1.54, 1.807) is 0 Å². The molecule has 1 aliphatic carbocycles. The zero-order valence-electron chi connectivity index (χ0n) is 15.1. The molecule has 0 heterocycles. The third-order valence-electron chi connectivity index (χ3n) is 4.12. The summed E-state index contributed by atoms with van der Waals surface area (Å²) in [6, 6.07) is 0.366. The Bertz CT molecular complexity index is 356. The lowest BCUT2D eigenvalue weighted by molar-refractivity contribution is -0.148. The number of guanidine groups is 1. The van der Waals surface area contributed by atoms with Crippen molar-refractivity contribution in [2.75, 3.05) is 13.1 Å². The minimum atomic E-state index is -0.0735. The Labute approximate surface area is 158 Å². The summed E-state index contributed by atoms with van der Waals surface area (Å²) in [5.41, 5.74) is 0. The highest BCUT2D eigenvalue weighted by atomic mass is 127. The molecule has 0 amide bonds. The Balaban J connectivity index is 0.00000484. The Morgan fingerprint density at radius 1 is 1.26 bits per heavy atom. The van der Waals surface area contributed by atoms with Crippen molar-refractivity contribution >= 4 is 35.9 Å². The van der Waals surface area contributed by atoms with Gasteiger partial charge in [-0.2, -0.15) is 0 Å². The summed E-state index contributed by atoms with van der Waals surface area (Å²) >= 11 is 0. The van der Waals surface area contributed by atoms with Gasteiger partial charge in [-0.25, -0.2) is 0 Å².